The van der Waals surface area contributed by atoms with E-state index in [-0.39, 0.29) is 5.91 Å². The zero-order chi connectivity index (χ0) is 20.1. The van der Waals surface area contributed by atoms with Gasteiger partial charge >= 0.3 is 0 Å². The van der Waals surface area contributed by atoms with Crippen LogP contribution in [0.3, 0.4) is 0 Å². The number of amides is 1. The van der Waals surface area contributed by atoms with Crippen molar-refractivity contribution in [2.75, 3.05) is 62.9 Å². The second-order valence-electron chi connectivity index (χ2n) is 7.67. The maximum absolute atomic E-state index is 12.5. The van der Waals surface area contributed by atoms with Gasteiger partial charge in [0.05, 0.1) is 11.9 Å². The fraction of sp³-hybridized carbons (Fsp3) is 0.650. The number of aryl methyl sites for hydroxylation is 1. The third-order valence-corrected chi connectivity index (χ3v) is 6.85. The van der Waals surface area contributed by atoms with Crippen molar-refractivity contribution in [3.8, 4) is 0 Å². The Morgan fingerprint density at radius 2 is 1.82 bits per heavy atom. The van der Waals surface area contributed by atoms with Crippen LogP contribution in [0.2, 0.25) is 0 Å². The summed E-state index contributed by atoms with van der Waals surface area (Å²) in [5, 5.41) is 3.00. The number of fused-ring (bicyclic) bond motifs is 1. The van der Waals surface area contributed by atoms with Crippen LogP contribution in [0.15, 0.2) is 18.2 Å². The molecular formula is C20H32N4O3S. The highest BCUT2D eigenvalue weighted by molar-refractivity contribution is 7.92. The van der Waals surface area contributed by atoms with E-state index in [1.807, 2.05) is 6.07 Å². The lowest BCUT2D eigenvalue weighted by Gasteiger charge is -2.33. The molecule has 0 radical (unpaired) electrons. The van der Waals surface area contributed by atoms with Crippen molar-refractivity contribution in [1.82, 2.24) is 15.1 Å². The summed E-state index contributed by atoms with van der Waals surface area (Å²) >= 11 is 0. The molecule has 156 valence electrons. The van der Waals surface area contributed by atoms with Crippen molar-refractivity contribution in [1.29, 1.82) is 0 Å². The molecule has 1 saturated heterocycles. The van der Waals surface area contributed by atoms with Crippen molar-refractivity contribution in [3.63, 3.8) is 0 Å². The molecule has 0 aromatic heterocycles. The number of rotatable bonds is 7. The number of nitrogens with one attached hydrogen (secondary N) is 1. The highest BCUT2D eigenvalue weighted by Crippen LogP contribution is 2.29. The molecule has 1 fully saturated rings. The second kappa shape index (κ2) is 9.24. The number of likely N-dealkylation sites (N-methyl/N-ethyl adjacent to an activating group) is 1. The Morgan fingerprint density at radius 1 is 1.11 bits per heavy atom. The molecule has 7 nitrogen and oxygen atoms in total. The van der Waals surface area contributed by atoms with E-state index in [0.717, 1.165) is 64.1 Å². The van der Waals surface area contributed by atoms with Crippen LogP contribution < -0.4 is 9.62 Å². The van der Waals surface area contributed by atoms with Gasteiger partial charge in [-0.25, -0.2) is 8.42 Å². The first kappa shape index (κ1) is 21.1. The van der Waals surface area contributed by atoms with E-state index >= 15 is 0 Å². The van der Waals surface area contributed by atoms with Gasteiger partial charge < -0.3 is 15.1 Å². The van der Waals surface area contributed by atoms with Gasteiger partial charge in [-0.15, -0.1) is 0 Å². The minimum absolute atomic E-state index is 0.0879. The number of carbonyl (C=O) groups excluding carboxylic acids is 1. The summed E-state index contributed by atoms with van der Waals surface area (Å²) < 4.78 is 25.3. The molecule has 0 unspecified atom stereocenters. The number of benzene rings is 1. The molecule has 8 heteroatoms. The van der Waals surface area contributed by atoms with Crippen molar-refractivity contribution >= 4 is 21.6 Å². The van der Waals surface area contributed by atoms with E-state index in [1.165, 1.54) is 10.6 Å². The maximum Gasteiger partial charge on any atom is 0.251 e. The maximum atomic E-state index is 12.5. The van der Waals surface area contributed by atoms with Gasteiger partial charge in [-0.2, -0.15) is 0 Å². The molecule has 0 bridgehead atoms. The predicted octanol–water partition coefficient (Wildman–Crippen LogP) is 1.16. The number of anilines is 1. The van der Waals surface area contributed by atoms with Gasteiger partial charge in [0.15, 0.2) is 0 Å². The van der Waals surface area contributed by atoms with E-state index in [2.05, 4.69) is 22.0 Å². The van der Waals surface area contributed by atoms with E-state index in [9.17, 15) is 13.2 Å². The van der Waals surface area contributed by atoms with Gasteiger partial charge in [0.2, 0.25) is 10.0 Å². The minimum Gasteiger partial charge on any atom is -0.352 e. The highest BCUT2D eigenvalue weighted by Gasteiger charge is 2.24. The van der Waals surface area contributed by atoms with Crippen LogP contribution in [0.1, 0.15) is 35.7 Å². The molecular weight excluding hydrogens is 376 g/mol. The number of sulfonamides is 1. The quantitative estimate of drug-likeness (QED) is 0.686. The smallest absolute Gasteiger partial charge is 0.251 e. The van der Waals surface area contributed by atoms with Crippen LogP contribution in [0, 0.1) is 0 Å². The number of piperazine rings is 1. The molecule has 0 aliphatic carbocycles. The van der Waals surface area contributed by atoms with E-state index in [4.69, 9.17) is 0 Å². The zero-order valence-electron chi connectivity index (χ0n) is 17.0. The summed E-state index contributed by atoms with van der Waals surface area (Å²) in [5.74, 6) is -0.0879. The van der Waals surface area contributed by atoms with Crippen LogP contribution in [0.5, 0.6) is 0 Å². The zero-order valence-corrected chi connectivity index (χ0v) is 17.8. The summed E-state index contributed by atoms with van der Waals surface area (Å²) in [4.78, 5) is 17.4. The summed E-state index contributed by atoms with van der Waals surface area (Å²) in [7, 11) is -3.28. The summed E-state index contributed by atoms with van der Waals surface area (Å²) in [6.45, 7) is 9.93. The van der Waals surface area contributed by atoms with Crippen molar-refractivity contribution in [2.24, 2.45) is 0 Å². The molecule has 28 heavy (non-hydrogen) atoms. The molecule has 0 saturated carbocycles. The third-order valence-electron chi connectivity index (χ3n) is 5.67. The number of nitrogens with zero attached hydrogens (tertiary/aromatic N) is 3. The van der Waals surface area contributed by atoms with Gasteiger partial charge in [-0.3, -0.25) is 9.10 Å². The third kappa shape index (κ3) is 5.24. The molecule has 1 aromatic carbocycles. The lowest BCUT2D eigenvalue weighted by Crippen LogP contribution is -2.46. The van der Waals surface area contributed by atoms with Crippen LogP contribution in [0.4, 0.5) is 5.69 Å². The van der Waals surface area contributed by atoms with Gasteiger partial charge in [-0.1, -0.05) is 6.92 Å². The number of hydrogen-bond acceptors (Lipinski definition) is 5. The highest BCUT2D eigenvalue weighted by atomic mass is 32.2. The average molecular weight is 409 g/mol. The summed E-state index contributed by atoms with van der Waals surface area (Å²) in [6.07, 6.45) is 3.73. The lowest BCUT2D eigenvalue weighted by atomic mass is 10.0. The molecule has 2 heterocycles. The SMILES string of the molecule is CCN1CCN(CCCNC(=O)c2ccc3c(c2)CCCN3S(C)(=O)=O)CC1. The first-order valence-corrected chi connectivity index (χ1v) is 12.1. The average Bonchev–Trinajstić information content (AvgIpc) is 2.70. The standard InChI is InChI=1S/C20H32N4O3S/c1-3-22-12-14-23(15-13-22)10-5-9-21-20(25)18-7-8-19-17(16-18)6-4-11-24(19)28(2,26)27/h7-8,16H,3-6,9-15H2,1-2H3,(H,21,25). The largest absolute Gasteiger partial charge is 0.352 e. The van der Waals surface area contributed by atoms with Gasteiger partial charge in [0.1, 0.15) is 0 Å². The fourth-order valence-corrected chi connectivity index (χ4v) is 4.98. The molecule has 0 atom stereocenters. The molecule has 0 spiro atoms. The van der Waals surface area contributed by atoms with Crippen LogP contribution >= 0.6 is 0 Å². The molecule has 1 aromatic rings. The Morgan fingerprint density at radius 3 is 2.50 bits per heavy atom. The molecule has 2 aliphatic rings. The number of hydrogen-bond donors (Lipinski definition) is 1. The summed E-state index contributed by atoms with van der Waals surface area (Å²) in [5.41, 5.74) is 2.24. The van der Waals surface area contributed by atoms with E-state index < -0.39 is 10.0 Å². The number of carbonyl (C=O) groups is 1. The van der Waals surface area contributed by atoms with Crippen molar-refractivity contribution in [3.05, 3.63) is 29.3 Å². The molecule has 3 rings (SSSR count). The van der Waals surface area contributed by atoms with Gasteiger partial charge in [0, 0.05) is 44.8 Å². The predicted molar refractivity (Wildman–Crippen MR) is 112 cm³/mol. The Hall–Kier alpha value is -1.64. The summed E-state index contributed by atoms with van der Waals surface area (Å²) in [6, 6.07) is 5.32. The fourth-order valence-electron chi connectivity index (χ4n) is 3.98. The lowest BCUT2D eigenvalue weighted by molar-refractivity contribution is 0.0948. The van der Waals surface area contributed by atoms with Gasteiger partial charge in [0.25, 0.3) is 5.91 Å². The molecule has 2 aliphatic heterocycles. The van der Waals surface area contributed by atoms with Crippen molar-refractivity contribution < 1.29 is 13.2 Å². The first-order valence-electron chi connectivity index (χ1n) is 10.2. The normalized spacial score (nSPS) is 18.7. The topological polar surface area (TPSA) is 73.0 Å². The van der Waals surface area contributed by atoms with Crippen LogP contribution in [-0.4, -0.2) is 82.7 Å². The monoisotopic (exact) mass is 408 g/mol. The Balaban J connectivity index is 1.49. The minimum atomic E-state index is -3.28. The Kier molecular flexibility index (Phi) is 6.95. The van der Waals surface area contributed by atoms with Crippen LogP contribution in [0.25, 0.3) is 0 Å². The van der Waals surface area contributed by atoms with Crippen LogP contribution in [-0.2, 0) is 16.4 Å². The Labute approximate surface area is 168 Å². The molecule has 1 amide bonds. The molecule has 1 N–H and O–H groups in total. The van der Waals surface area contributed by atoms with E-state index in [0.29, 0.717) is 24.3 Å². The van der Waals surface area contributed by atoms with Crippen molar-refractivity contribution in [2.45, 2.75) is 26.2 Å². The second-order valence-corrected chi connectivity index (χ2v) is 9.57. The first-order chi connectivity index (χ1) is 13.4. The van der Waals surface area contributed by atoms with E-state index in [1.54, 1.807) is 12.1 Å². The Bertz CT molecular complexity index is 789. The van der Waals surface area contributed by atoms with Gasteiger partial charge in [-0.05, 0) is 56.1 Å².